The van der Waals surface area contributed by atoms with Gasteiger partial charge in [0.15, 0.2) is 6.54 Å². The minimum Gasteiger partial charge on any atom is -0.360 e. The Hall–Kier alpha value is -3.12. The summed E-state index contributed by atoms with van der Waals surface area (Å²) in [5.41, 5.74) is 4.53. The number of pyridine rings is 1. The summed E-state index contributed by atoms with van der Waals surface area (Å²) in [6.07, 6.45) is 0.950. The molecular formula is C24H29N5O+2. The number of para-hydroxylation sites is 2. The van der Waals surface area contributed by atoms with Gasteiger partial charge in [-0.15, -0.1) is 0 Å². The molecule has 30 heavy (non-hydrogen) atoms. The van der Waals surface area contributed by atoms with Crippen molar-refractivity contribution in [3.8, 4) is 0 Å². The average molecular weight is 404 g/mol. The summed E-state index contributed by atoms with van der Waals surface area (Å²) in [5, 5.41) is 4.36. The predicted octanol–water partition coefficient (Wildman–Crippen LogP) is 0.990. The van der Waals surface area contributed by atoms with Crippen LogP contribution >= 0.6 is 0 Å². The van der Waals surface area contributed by atoms with E-state index in [1.807, 2.05) is 12.1 Å². The van der Waals surface area contributed by atoms with Gasteiger partial charge in [-0.1, -0.05) is 30.3 Å². The monoisotopic (exact) mass is 403 g/mol. The fraction of sp³-hybridized carbons (Fsp3) is 0.333. The molecule has 0 atom stereocenters. The molecule has 0 saturated carbocycles. The summed E-state index contributed by atoms with van der Waals surface area (Å²) in [6, 6.07) is 18.8. The first-order valence-electron chi connectivity index (χ1n) is 10.8. The van der Waals surface area contributed by atoms with Gasteiger partial charge < -0.3 is 15.1 Å². The lowest BCUT2D eigenvalue weighted by Gasteiger charge is -2.33. The molecule has 0 radical (unpaired) electrons. The van der Waals surface area contributed by atoms with E-state index in [1.54, 1.807) is 0 Å². The first kappa shape index (κ1) is 18.9. The zero-order valence-corrected chi connectivity index (χ0v) is 17.4. The predicted molar refractivity (Wildman–Crippen MR) is 120 cm³/mol. The Morgan fingerprint density at radius 2 is 1.77 bits per heavy atom. The Morgan fingerprint density at radius 1 is 1.03 bits per heavy atom. The summed E-state index contributed by atoms with van der Waals surface area (Å²) in [4.78, 5) is 22.5. The van der Waals surface area contributed by atoms with Crippen LogP contribution in [0.15, 0.2) is 54.6 Å². The van der Waals surface area contributed by atoms with Crippen molar-refractivity contribution in [2.45, 2.75) is 6.42 Å². The summed E-state index contributed by atoms with van der Waals surface area (Å²) >= 11 is 0. The number of quaternary nitrogens is 1. The maximum Gasteiger partial charge on any atom is 0.280 e. The second kappa shape index (κ2) is 7.95. The van der Waals surface area contributed by atoms with Crippen molar-refractivity contribution >= 4 is 34.0 Å². The third-order valence-corrected chi connectivity index (χ3v) is 6.38. The van der Waals surface area contributed by atoms with E-state index in [2.05, 4.69) is 69.6 Å². The zero-order chi connectivity index (χ0) is 20.5. The number of amides is 1. The molecule has 0 bridgehead atoms. The molecule has 1 saturated heterocycles. The smallest absolute Gasteiger partial charge is 0.280 e. The molecule has 6 nitrogen and oxygen atoms in total. The largest absolute Gasteiger partial charge is 0.360 e. The van der Waals surface area contributed by atoms with Crippen LogP contribution in [0.1, 0.15) is 5.56 Å². The quantitative estimate of drug-likeness (QED) is 0.683. The van der Waals surface area contributed by atoms with E-state index in [9.17, 15) is 4.79 Å². The van der Waals surface area contributed by atoms with Crippen molar-refractivity contribution < 1.29 is 14.7 Å². The van der Waals surface area contributed by atoms with Crippen LogP contribution in [0, 0.1) is 0 Å². The van der Waals surface area contributed by atoms with Gasteiger partial charge in [-0.25, -0.2) is 4.98 Å². The topological polar surface area (TPSA) is 54.2 Å². The second-order valence-corrected chi connectivity index (χ2v) is 8.34. The summed E-state index contributed by atoms with van der Waals surface area (Å²) in [6.45, 7) is 5.41. The van der Waals surface area contributed by atoms with E-state index in [4.69, 9.17) is 0 Å². The molecule has 5 rings (SSSR count). The number of hydrogen-bond donors (Lipinski definition) is 2. The van der Waals surface area contributed by atoms with Gasteiger partial charge in [0, 0.05) is 17.5 Å². The molecule has 3 heterocycles. The Morgan fingerprint density at radius 3 is 2.57 bits per heavy atom. The zero-order valence-electron chi connectivity index (χ0n) is 17.4. The molecule has 6 heteroatoms. The number of likely N-dealkylation sites (N-methyl/N-ethyl adjacent to an activating group) is 1. The number of H-pyrrole nitrogens is 1. The molecule has 1 fully saturated rings. The van der Waals surface area contributed by atoms with Crippen molar-refractivity contribution in [2.75, 3.05) is 61.4 Å². The summed E-state index contributed by atoms with van der Waals surface area (Å²) in [7, 11) is 2.10. The number of fused-ring (bicyclic) bond motifs is 2. The van der Waals surface area contributed by atoms with Crippen molar-refractivity contribution in [3.05, 3.63) is 60.2 Å². The van der Waals surface area contributed by atoms with Gasteiger partial charge in [-0.3, -0.25) is 9.69 Å². The molecule has 0 spiro atoms. The van der Waals surface area contributed by atoms with Crippen molar-refractivity contribution in [2.24, 2.45) is 0 Å². The first-order chi connectivity index (χ1) is 14.7. The number of nitrogens with zero attached hydrogens (tertiary/aromatic N) is 2. The van der Waals surface area contributed by atoms with Crippen LogP contribution < -0.4 is 25.0 Å². The number of aromatic nitrogens is 1. The van der Waals surface area contributed by atoms with Gasteiger partial charge in [-0.05, 0) is 24.3 Å². The Balaban J connectivity index is 1.28. The van der Waals surface area contributed by atoms with Crippen LogP contribution in [0.3, 0.4) is 0 Å². The highest BCUT2D eigenvalue weighted by molar-refractivity contribution is 6.03. The van der Waals surface area contributed by atoms with Gasteiger partial charge >= 0.3 is 0 Å². The third kappa shape index (κ3) is 3.59. The van der Waals surface area contributed by atoms with Crippen LogP contribution in [-0.4, -0.2) is 52.2 Å². The highest BCUT2D eigenvalue weighted by Gasteiger charge is 2.30. The molecule has 0 aliphatic carbocycles. The normalized spacial score (nSPS) is 16.7. The van der Waals surface area contributed by atoms with Crippen molar-refractivity contribution in [1.29, 1.82) is 0 Å². The highest BCUT2D eigenvalue weighted by Crippen LogP contribution is 2.34. The van der Waals surface area contributed by atoms with Crippen LogP contribution in [0.5, 0.6) is 0 Å². The fourth-order valence-electron chi connectivity index (χ4n) is 4.70. The number of nitrogens with one attached hydrogen (secondary N) is 3. The van der Waals surface area contributed by atoms with E-state index in [0.29, 0.717) is 6.54 Å². The van der Waals surface area contributed by atoms with Gasteiger partial charge in [0.2, 0.25) is 0 Å². The molecular weight excluding hydrogens is 374 g/mol. The summed E-state index contributed by atoms with van der Waals surface area (Å²) < 4.78 is 0. The molecule has 2 aliphatic heterocycles. The minimum atomic E-state index is 0.103. The number of hydrogen-bond acceptors (Lipinski definition) is 3. The summed E-state index contributed by atoms with van der Waals surface area (Å²) in [5.74, 6) is 1.22. The lowest BCUT2D eigenvalue weighted by Crippen LogP contribution is -3.15. The average Bonchev–Trinajstić information content (AvgIpc) is 3.15. The van der Waals surface area contributed by atoms with Crippen LogP contribution in [-0.2, 0) is 11.2 Å². The molecule has 0 unspecified atom stereocenters. The fourth-order valence-corrected chi connectivity index (χ4v) is 4.70. The number of anilines is 3. The van der Waals surface area contributed by atoms with E-state index >= 15 is 0 Å². The Labute approximate surface area is 177 Å². The lowest BCUT2D eigenvalue weighted by atomic mass is 10.1. The van der Waals surface area contributed by atoms with Gasteiger partial charge in [-0.2, -0.15) is 0 Å². The standard InChI is InChI=1S/C24H27N5O/c1-27-12-11-20-23(19-9-5-6-10-21(19)25-24(20)27)26-22(30)17-28-13-15-29(16-14-28)18-7-3-2-4-8-18/h2-10H,11-17H2,1H3,(H,25,26,30)/p+2. The van der Waals surface area contributed by atoms with Crippen molar-refractivity contribution in [1.82, 2.24) is 0 Å². The van der Waals surface area contributed by atoms with E-state index < -0.39 is 0 Å². The Bertz CT molecular complexity index is 1060. The maximum atomic E-state index is 13.0. The third-order valence-electron chi connectivity index (χ3n) is 6.38. The second-order valence-electron chi connectivity index (χ2n) is 8.34. The number of rotatable bonds is 4. The van der Waals surface area contributed by atoms with E-state index in [-0.39, 0.29) is 5.91 Å². The molecule has 2 aromatic carbocycles. The molecule has 3 aromatic rings. The van der Waals surface area contributed by atoms with E-state index in [1.165, 1.54) is 16.2 Å². The van der Waals surface area contributed by atoms with Crippen LogP contribution in [0.4, 0.5) is 17.2 Å². The molecule has 1 aromatic heterocycles. The van der Waals surface area contributed by atoms with Gasteiger partial charge in [0.25, 0.3) is 11.7 Å². The molecule has 3 N–H and O–H groups in total. The number of aromatic amines is 1. The number of piperazine rings is 1. The molecule has 154 valence electrons. The lowest BCUT2D eigenvalue weighted by molar-refractivity contribution is -0.892. The van der Waals surface area contributed by atoms with Gasteiger partial charge in [0.1, 0.15) is 5.52 Å². The SMILES string of the molecule is CN1CCc2c1[nH+]c1ccccc1c2NC(=O)C[NH+]1CCN(c2ccccc2)CC1. The van der Waals surface area contributed by atoms with Gasteiger partial charge in [0.05, 0.1) is 51.0 Å². The number of carbonyl (C=O) groups is 1. The Kier molecular flexibility index (Phi) is 5.01. The van der Waals surface area contributed by atoms with Crippen LogP contribution in [0.2, 0.25) is 0 Å². The minimum absolute atomic E-state index is 0.103. The van der Waals surface area contributed by atoms with Crippen molar-refractivity contribution in [3.63, 3.8) is 0 Å². The molecule has 2 aliphatic rings. The number of carbonyl (C=O) groups excluding carboxylic acids is 1. The molecule has 1 amide bonds. The maximum absolute atomic E-state index is 13.0. The number of benzene rings is 2. The first-order valence-corrected chi connectivity index (χ1v) is 10.8. The highest BCUT2D eigenvalue weighted by atomic mass is 16.2. The van der Waals surface area contributed by atoms with Crippen LogP contribution in [0.25, 0.3) is 10.9 Å². The van der Waals surface area contributed by atoms with E-state index in [0.717, 1.165) is 61.6 Å².